The molecule has 1 aromatic carbocycles. The standard InChI is InChI=1S/C25H21ClFN7O4/c1-13(2)32-11-15-22(25(32)38)33(12-20(35)30-19-8-7-14(27)10-28-19)21-9-18(31-34(21)24(15)37)23(36)29-17-6-4-3-5-16(17)26/h3-10,13H,11-12H2,1-2H3,(H,29,36)(H,28,30,35). The summed E-state index contributed by atoms with van der Waals surface area (Å²) in [5.41, 5.74) is -0.0723. The summed E-state index contributed by atoms with van der Waals surface area (Å²) in [5.74, 6) is -2.11. The summed E-state index contributed by atoms with van der Waals surface area (Å²) >= 11 is 6.13. The number of carbonyl (C=O) groups excluding carboxylic acids is 3. The lowest BCUT2D eigenvalue weighted by Crippen LogP contribution is -2.32. The highest BCUT2D eigenvalue weighted by Gasteiger charge is 2.36. The molecule has 11 nitrogen and oxygen atoms in total. The van der Waals surface area contributed by atoms with Crippen LogP contribution in [0.1, 0.15) is 40.4 Å². The van der Waals surface area contributed by atoms with Gasteiger partial charge in [-0.25, -0.2) is 9.37 Å². The van der Waals surface area contributed by atoms with E-state index >= 15 is 0 Å². The molecule has 0 saturated carbocycles. The van der Waals surface area contributed by atoms with E-state index in [0.717, 1.165) is 16.8 Å². The number of nitrogens with zero attached hydrogens (tertiary/aromatic N) is 5. The van der Waals surface area contributed by atoms with Gasteiger partial charge in [0.15, 0.2) is 5.69 Å². The van der Waals surface area contributed by atoms with E-state index in [-0.39, 0.29) is 41.0 Å². The van der Waals surface area contributed by atoms with Crippen LogP contribution in [0.15, 0.2) is 53.5 Å². The van der Waals surface area contributed by atoms with Gasteiger partial charge in [-0.1, -0.05) is 23.7 Å². The Bertz CT molecular complexity index is 1660. The quantitative estimate of drug-likeness (QED) is 0.389. The zero-order valence-electron chi connectivity index (χ0n) is 20.2. The van der Waals surface area contributed by atoms with E-state index in [2.05, 4.69) is 20.7 Å². The van der Waals surface area contributed by atoms with Gasteiger partial charge in [0, 0.05) is 12.1 Å². The van der Waals surface area contributed by atoms with Gasteiger partial charge in [0.25, 0.3) is 17.4 Å². The van der Waals surface area contributed by atoms with Crippen LogP contribution in [-0.4, -0.2) is 47.8 Å². The third kappa shape index (κ3) is 4.50. The fourth-order valence-corrected chi connectivity index (χ4v) is 4.38. The largest absolute Gasteiger partial charge is 0.330 e. The fraction of sp³-hybridized carbons (Fsp3) is 0.200. The molecule has 3 amide bonds. The summed E-state index contributed by atoms with van der Waals surface area (Å²) in [7, 11) is 0. The third-order valence-electron chi connectivity index (χ3n) is 6.04. The van der Waals surface area contributed by atoms with Crippen LogP contribution >= 0.6 is 11.6 Å². The topological polar surface area (TPSA) is 131 Å². The minimum Gasteiger partial charge on any atom is -0.330 e. The lowest BCUT2D eigenvalue weighted by molar-refractivity contribution is -0.116. The van der Waals surface area contributed by atoms with E-state index in [4.69, 9.17) is 11.6 Å². The van der Waals surface area contributed by atoms with Gasteiger partial charge in [-0.3, -0.25) is 19.2 Å². The van der Waals surface area contributed by atoms with Gasteiger partial charge in [0.1, 0.15) is 29.5 Å². The maximum atomic E-state index is 13.4. The van der Waals surface area contributed by atoms with E-state index in [9.17, 15) is 23.6 Å². The first kappa shape index (κ1) is 25.1. The predicted octanol–water partition coefficient (Wildman–Crippen LogP) is 2.94. The van der Waals surface area contributed by atoms with E-state index in [1.807, 2.05) is 13.8 Å². The maximum Gasteiger partial charge on any atom is 0.280 e. The number of benzene rings is 1. The second kappa shape index (κ2) is 9.71. The Morgan fingerprint density at radius 3 is 2.58 bits per heavy atom. The predicted molar refractivity (Wildman–Crippen MR) is 137 cm³/mol. The van der Waals surface area contributed by atoms with E-state index in [0.29, 0.717) is 10.7 Å². The highest BCUT2D eigenvalue weighted by molar-refractivity contribution is 6.33. The molecule has 38 heavy (non-hydrogen) atoms. The lowest BCUT2D eigenvalue weighted by Gasteiger charge is -2.20. The van der Waals surface area contributed by atoms with Crippen molar-refractivity contribution in [2.75, 3.05) is 10.6 Å². The zero-order chi connectivity index (χ0) is 27.1. The minimum atomic E-state index is -0.636. The van der Waals surface area contributed by atoms with Crippen LogP contribution in [-0.2, 0) is 17.9 Å². The molecule has 0 saturated heterocycles. The van der Waals surface area contributed by atoms with Crippen molar-refractivity contribution in [3.63, 3.8) is 0 Å². The van der Waals surface area contributed by atoms with Crippen LogP contribution in [0.25, 0.3) is 5.65 Å². The molecule has 13 heteroatoms. The zero-order valence-corrected chi connectivity index (χ0v) is 21.0. The van der Waals surface area contributed by atoms with Gasteiger partial charge >= 0.3 is 0 Å². The summed E-state index contributed by atoms with van der Waals surface area (Å²) in [6.45, 7) is 3.25. The monoisotopic (exact) mass is 537 g/mol. The van der Waals surface area contributed by atoms with Gasteiger partial charge in [-0.15, -0.1) is 0 Å². The molecule has 0 bridgehead atoms. The summed E-state index contributed by atoms with van der Waals surface area (Å²) in [6, 6.07) is 10.2. The van der Waals surface area contributed by atoms with Crippen molar-refractivity contribution in [3.05, 3.63) is 86.8 Å². The minimum absolute atomic E-state index is 0.0305. The van der Waals surface area contributed by atoms with Gasteiger partial charge in [0.05, 0.1) is 29.0 Å². The second-order valence-electron chi connectivity index (χ2n) is 8.89. The molecule has 0 aliphatic carbocycles. The van der Waals surface area contributed by atoms with Crippen molar-refractivity contribution in [3.8, 4) is 0 Å². The molecule has 5 rings (SSSR count). The molecule has 1 aliphatic heterocycles. The summed E-state index contributed by atoms with van der Waals surface area (Å²) in [5, 5.41) is 9.68. The number of fused-ring (bicyclic) bond motifs is 2. The van der Waals surface area contributed by atoms with E-state index in [1.54, 1.807) is 24.3 Å². The molecule has 0 fully saturated rings. The number of hydrogen-bond donors (Lipinski definition) is 2. The third-order valence-corrected chi connectivity index (χ3v) is 6.37. The Kier molecular flexibility index (Phi) is 6.41. The molecule has 4 heterocycles. The highest BCUT2D eigenvalue weighted by Crippen LogP contribution is 2.25. The van der Waals surface area contributed by atoms with Gasteiger partial charge < -0.3 is 20.1 Å². The van der Waals surface area contributed by atoms with Crippen molar-refractivity contribution in [2.24, 2.45) is 0 Å². The van der Waals surface area contributed by atoms with Crippen LogP contribution in [0.4, 0.5) is 15.9 Å². The molecule has 4 aromatic rings. The van der Waals surface area contributed by atoms with Crippen molar-refractivity contribution in [1.82, 2.24) is 24.1 Å². The number of aromatic nitrogens is 4. The average Bonchev–Trinajstić information content (AvgIpc) is 3.47. The number of rotatable bonds is 6. The first-order valence-corrected chi connectivity index (χ1v) is 12.0. The maximum absolute atomic E-state index is 13.4. The van der Waals surface area contributed by atoms with Crippen LogP contribution in [0.3, 0.4) is 0 Å². The van der Waals surface area contributed by atoms with E-state index in [1.165, 1.54) is 21.6 Å². The molecule has 2 N–H and O–H groups in total. The molecule has 3 aromatic heterocycles. The van der Waals surface area contributed by atoms with Crippen LogP contribution < -0.4 is 16.2 Å². The number of anilines is 2. The lowest BCUT2D eigenvalue weighted by atomic mass is 10.2. The smallest absolute Gasteiger partial charge is 0.280 e. The Balaban J connectivity index is 1.57. The molecule has 1 aliphatic rings. The van der Waals surface area contributed by atoms with Crippen molar-refractivity contribution >= 4 is 46.5 Å². The number of nitrogens with one attached hydrogen (secondary N) is 2. The number of hydrogen-bond acceptors (Lipinski definition) is 6. The van der Waals surface area contributed by atoms with E-state index < -0.39 is 35.6 Å². The van der Waals surface area contributed by atoms with Crippen molar-refractivity contribution in [1.29, 1.82) is 0 Å². The number of amides is 3. The SMILES string of the molecule is CC(C)N1Cc2c(n(CC(=O)Nc3ccc(F)cn3)c3cc(C(=O)Nc4ccccc4Cl)nn3c2=O)C1=O. The first-order valence-electron chi connectivity index (χ1n) is 11.6. The van der Waals surface area contributed by atoms with Gasteiger partial charge in [-0.2, -0.15) is 9.61 Å². The second-order valence-corrected chi connectivity index (χ2v) is 9.30. The normalized spacial score (nSPS) is 12.8. The van der Waals surface area contributed by atoms with Gasteiger partial charge in [-0.05, 0) is 38.1 Å². The first-order chi connectivity index (χ1) is 18.1. The molecule has 0 radical (unpaired) electrons. The van der Waals surface area contributed by atoms with Crippen LogP contribution in [0.5, 0.6) is 0 Å². The molecule has 0 unspecified atom stereocenters. The summed E-state index contributed by atoms with van der Waals surface area (Å²) in [4.78, 5) is 57.9. The van der Waals surface area contributed by atoms with Crippen molar-refractivity contribution < 1.29 is 18.8 Å². The Morgan fingerprint density at radius 1 is 1.13 bits per heavy atom. The van der Waals surface area contributed by atoms with Crippen LogP contribution in [0, 0.1) is 5.82 Å². The number of halogens is 2. The summed E-state index contributed by atoms with van der Waals surface area (Å²) < 4.78 is 15.6. The average molecular weight is 538 g/mol. The molecule has 0 atom stereocenters. The van der Waals surface area contributed by atoms with Crippen molar-refractivity contribution in [2.45, 2.75) is 33.0 Å². The molecule has 194 valence electrons. The molecular formula is C25H21ClFN7O4. The number of carbonyl (C=O) groups is 3. The molecule has 0 spiro atoms. The Morgan fingerprint density at radius 2 is 1.89 bits per heavy atom. The van der Waals surface area contributed by atoms with Gasteiger partial charge in [0.2, 0.25) is 5.91 Å². The Labute approximate surface area is 219 Å². The van der Waals surface area contributed by atoms with Crippen LogP contribution in [0.2, 0.25) is 5.02 Å². The fourth-order valence-electron chi connectivity index (χ4n) is 4.20. The molecular weight excluding hydrogens is 517 g/mol. The Hall–Kier alpha value is -4.58. The highest BCUT2D eigenvalue weighted by atomic mass is 35.5. The number of para-hydroxylation sites is 1. The summed E-state index contributed by atoms with van der Waals surface area (Å²) in [6.07, 6.45) is 0.954. The number of pyridine rings is 1.